The lowest BCUT2D eigenvalue weighted by atomic mass is 10.1. The molecule has 0 spiro atoms. The second kappa shape index (κ2) is 6.51. The van der Waals surface area contributed by atoms with Gasteiger partial charge in [0.25, 0.3) is 5.71 Å². The maximum Gasteiger partial charge on any atom is 0.325 e. The summed E-state index contributed by atoms with van der Waals surface area (Å²) in [5.74, 6) is 0.348. The van der Waals surface area contributed by atoms with Crippen LogP contribution in [0, 0.1) is 19.7 Å². The number of hydrogen-bond acceptors (Lipinski definition) is 6. The number of benzene rings is 2. The Morgan fingerprint density at radius 2 is 1.85 bits per heavy atom. The average Bonchev–Trinajstić information content (AvgIpc) is 3.06. The van der Waals surface area contributed by atoms with E-state index in [0.717, 1.165) is 11.1 Å². The quantitative estimate of drug-likeness (QED) is 0.522. The van der Waals surface area contributed by atoms with Crippen molar-refractivity contribution in [3.8, 4) is 29.0 Å². The highest BCUT2D eigenvalue weighted by atomic mass is 35.5. The van der Waals surface area contributed by atoms with Crippen molar-refractivity contribution in [2.75, 3.05) is 0 Å². The topological polar surface area (TPSA) is 81.3 Å². The van der Waals surface area contributed by atoms with E-state index in [1.54, 1.807) is 26.0 Å². The van der Waals surface area contributed by atoms with Crippen LogP contribution in [0.15, 0.2) is 40.9 Å². The van der Waals surface area contributed by atoms with E-state index in [1.165, 1.54) is 24.4 Å². The Morgan fingerprint density at radius 1 is 1.11 bits per heavy atom. The second-order valence-electron chi connectivity index (χ2n) is 6.00. The van der Waals surface area contributed by atoms with Crippen molar-refractivity contribution in [2.24, 2.45) is 0 Å². The van der Waals surface area contributed by atoms with Crippen molar-refractivity contribution in [1.29, 1.82) is 0 Å². The molecule has 0 amide bonds. The number of hydrogen-bond donors (Lipinski definition) is 1. The number of phenolic OH excluding ortho intramolecular Hbond substituents is 1. The maximum absolute atomic E-state index is 13.2. The molecule has 1 N–H and O–H groups in total. The third-order valence-electron chi connectivity index (χ3n) is 3.97. The smallest absolute Gasteiger partial charge is 0.325 e. The Kier molecular flexibility index (Phi) is 4.16. The average molecular weight is 386 g/mol. The molecule has 2 aromatic heterocycles. The van der Waals surface area contributed by atoms with Gasteiger partial charge in [-0.3, -0.25) is 0 Å². The summed E-state index contributed by atoms with van der Waals surface area (Å²) in [5, 5.41) is 9.85. The molecule has 0 aliphatic carbocycles. The Balaban J connectivity index is 1.68. The summed E-state index contributed by atoms with van der Waals surface area (Å²) >= 11 is 5.74. The second-order valence-corrected chi connectivity index (χ2v) is 6.41. The predicted octanol–water partition coefficient (Wildman–Crippen LogP) is 5.19. The maximum atomic E-state index is 13.2. The molecule has 4 rings (SSSR count). The van der Waals surface area contributed by atoms with Crippen LogP contribution in [0.1, 0.15) is 11.1 Å². The van der Waals surface area contributed by atoms with Crippen LogP contribution in [0.25, 0.3) is 22.7 Å². The number of oxazole rings is 1. The molecular formula is C19H13ClFN3O3. The highest BCUT2D eigenvalue weighted by Crippen LogP contribution is 2.31. The summed E-state index contributed by atoms with van der Waals surface area (Å²) in [5.41, 5.74) is 2.85. The fourth-order valence-electron chi connectivity index (χ4n) is 2.62. The Labute approximate surface area is 158 Å². The van der Waals surface area contributed by atoms with Gasteiger partial charge in [0.05, 0.1) is 11.2 Å². The first kappa shape index (κ1) is 17.2. The lowest BCUT2D eigenvalue weighted by Crippen LogP contribution is -1.92. The van der Waals surface area contributed by atoms with Gasteiger partial charge in [-0.05, 0) is 49.2 Å². The molecular weight excluding hydrogens is 373 g/mol. The third-order valence-corrected chi connectivity index (χ3v) is 4.26. The molecule has 0 aliphatic heterocycles. The molecule has 2 heterocycles. The zero-order valence-corrected chi connectivity index (χ0v) is 15.1. The summed E-state index contributed by atoms with van der Waals surface area (Å²) in [6.45, 7) is 3.60. The van der Waals surface area contributed by atoms with Crippen molar-refractivity contribution >= 4 is 22.8 Å². The van der Waals surface area contributed by atoms with Crippen LogP contribution in [0.2, 0.25) is 5.02 Å². The van der Waals surface area contributed by atoms with Crippen molar-refractivity contribution in [3.05, 3.63) is 58.5 Å². The van der Waals surface area contributed by atoms with Gasteiger partial charge in [-0.25, -0.2) is 14.4 Å². The summed E-state index contributed by atoms with van der Waals surface area (Å²) < 4.78 is 24.4. The Morgan fingerprint density at radius 3 is 2.56 bits per heavy atom. The first-order valence-electron chi connectivity index (χ1n) is 7.98. The highest BCUT2D eigenvalue weighted by molar-refractivity contribution is 6.30. The van der Waals surface area contributed by atoms with E-state index < -0.39 is 5.82 Å². The minimum Gasteiger partial charge on any atom is -0.507 e. The van der Waals surface area contributed by atoms with Gasteiger partial charge in [0.15, 0.2) is 0 Å². The van der Waals surface area contributed by atoms with Gasteiger partial charge in [-0.1, -0.05) is 11.6 Å². The number of fused-ring (bicyclic) bond motifs is 1. The Hall–Kier alpha value is -3.19. The molecule has 2 aromatic carbocycles. The Bertz CT molecular complexity index is 1150. The fraction of sp³-hybridized carbons (Fsp3) is 0.105. The molecule has 0 saturated heterocycles. The molecule has 136 valence electrons. The SMILES string of the molecule is Cc1cc(-c2nc3cnc(Oc4ccc(F)c(Cl)c4)nc3o2)cc(C)c1O. The molecule has 0 unspecified atom stereocenters. The van der Waals surface area contributed by atoms with Crippen LogP contribution in [0.3, 0.4) is 0 Å². The van der Waals surface area contributed by atoms with Crippen LogP contribution >= 0.6 is 11.6 Å². The van der Waals surface area contributed by atoms with Gasteiger partial charge in [-0.15, -0.1) is 0 Å². The normalized spacial score (nSPS) is 11.1. The monoisotopic (exact) mass is 385 g/mol. The molecule has 0 fully saturated rings. The number of aromatic nitrogens is 3. The first-order valence-corrected chi connectivity index (χ1v) is 8.35. The van der Waals surface area contributed by atoms with Crippen LogP contribution in [-0.2, 0) is 0 Å². The number of aryl methyl sites for hydroxylation is 2. The van der Waals surface area contributed by atoms with Gasteiger partial charge in [0.1, 0.15) is 22.8 Å². The number of ether oxygens (including phenoxy) is 1. The third kappa shape index (κ3) is 3.29. The number of aromatic hydroxyl groups is 1. The largest absolute Gasteiger partial charge is 0.507 e. The van der Waals surface area contributed by atoms with Gasteiger partial charge >= 0.3 is 6.01 Å². The van der Waals surface area contributed by atoms with Crippen molar-refractivity contribution in [1.82, 2.24) is 15.0 Å². The van der Waals surface area contributed by atoms with Crippen LogP contribution in [0.5, 0.6) is 17.5 Å². The fourth-order valence-corrected chi connectivity index (χ4v) is 2.79. The van der Waals surface area contributed by atoms with Crippen LogP contribution in [0.4, 0.5) is 4.39 Å². The molecule has 8 heteroatoms. The van der Waals surface area contributed by atoms with E-state index >= 15 is 0 Å². The van der Waals surface area contributed by atoms with E-state index in [1.807, 2.05) is 0 Å². The zero-order chi connectivity index (χ0) is 19.1. The minimum atomic E-state index is -0.542. The van der Waals surface area contributed by atoms with Crippen LogP contribution in [-0.4, -0.2) is 20.1 Å². The van der Waals surface area contributed by atoms with E-state index in [9.17, 15) is 9.50 Å². The number of phenols is 1. The molecule has 0 saturated carbocycles. The van der Waals surface area contributed by atoms with E-state index in [2.05, 4.69) is 15.0 Å². The molecule has 0 atom stereocenters. The number of halogens is 2. The molecule has 0 bridgehead atoms. The van der Waals surface area contributed by atoms with Crippen molar-refractivity contribution in [3.63, 3.8) is 0 Å². The molecule has 6 nitrogen and oxygen atoms in total. The zero-order valence-electron chi connectivity index (χ0n) is 14.3. The highest BCUT2D eigenvalue weighted by Gasteiger charge is 2.14. The minimum absolute atomic E-state index is 0.0194. The predicted molar refractivity (Wildman–Crippen MR) is 97.7 cm³/mol. The van der Waals surface area contributed by atoms with E-state index in [0.29, 0.717) is 22.7 Å². The van der Waals surface area contributed by atoms with E-state index in [4.69, 9.17) is 20.8 Å². The summed E-state index contributed by atoms with van der Waals surface area (Å²) in [4.78, 5) is 12.6. The van der Waals surface area contributed by atoms with Crippen molar-refractivity contribution in [2.45, 2.75) is 13.8 Å². The molecule has 27 heavy (non-hydrogen) atoms. The van der Waals surface area contributed by atoms with Gasteiger partial charge in [0.2, 0.25) is 5.89 Å². The van der Waals surface area contributed by atoms with Crippen LogP contribution < -0.4 is 4.74 Å². The molecule has 4 aromatic rings. The molecule has 0 aliphatic rings. The number of nitrogens with zero attached hydrogens (tertiary/aromatic N) is 3. The summed E-state index contributed by atoms with van der Waals surface area (Å²) in [7, 11) is 0. The summed E-state index contributed by atoms with van der Waals surface area (Å²) in [6.07, 6.45) is 1.47. The first-order chi connectivity index (χ1) is 12.9. The van der Waals surface area contributed by atoms with E-state index in [-0.39, 0.29) is 22.5 Å². The van der Waals surface area contributed by atoms with Crippen molar-refractivity contribution < 1.29 is 18.7 Å². The summed E-state index contributed by atoms with van der Waals surface area (Å²) in [6, 6.07) is 7.52. The van der Waals surface area contributed by atoms with Gasteiger partial charge in [-0.2, -0.15) is 4.98 Å². The lowest BCUT2D eigenvalue weighted by molar-refractivity contribution is 0.439. The molecule has 0 radical (unpaired) electrons. The van der Waals surface area contributed by atoms with Gasteiger partial charge in [0, 0.05) is 11.6 Å². The number of rotatable bonds is 3. The van der Waals surface area contributed by atoms with Gasteiger partial charge < -0.3 is 14.3 Å². The lowest BCUT2D eigenvalue weighted by Gasteiger charge is -2.04. The standard InChI is InChI=1S/C19H13ClFN3O3/c1-9-5-11(6-10(2)16(9)25)17-23-15-8-22-19(24-18(15)27-17)26-12-3-4-14(21)13(20)7-12/h3-8,25H,1-2H3.